The van der Waals surface area contributed by atoms with E-state index in [2.05, 4.69) is 37.2 Å². The molecule has 0 saturated carbocycles. The number of carbonyl (C=O) groups excluding carboxylic acids is 1. The molecule has 1 amide bonds. The Morgan fingerprint density at radius 2 is 2.00 bits per heavy atom. The first-order chi connectivity index (χ1) is 14.2. The van der Waals surface area contributed by atoms with Crippen molar-refractivity contribution in [2.45, 2.75) is 29.9 Å². The van der Waals surface area contributed by atoms with E-state index in [0.717, 1.165) is 21.2 Å². The maximum absolute atomic E-state index is 12.2. The van der Waals surface area contributed by atoms with E-state index in [1.54, 1.807) is 23.1 Å². The van der Waals surface area contributed by atoms with E-state index < -0.39 is 0 Å². The van der Waals surface area contributed by atoms with Crippen LogP contribution in [-0.4, -0.2) is 26.3 Å². The number of hydrogen-bond acceptors (Lipinski definition) is 9. The fraction of sp³-hybridized carbons (Fsp3) is 0.211. The van der Waals surface area contributed by atoms with E-state index in [1.165, 1.54) is 16.2 Å². The molecule has 0 spiro atoms. The Labute approximate surface area is 179 Å². The number of aromatic nitrogens is 4. The van der Waals surface area contributed by atoms with Crippen molar-refractivity contribution in [2.75, 3.05) is 5.32 Å². The van der Waals surface area contributed by atoms with Crippen molar-refractivity contribution in [3.05, 3.63) is 58.1 Å². The summed E-state index contributed by atoms with van der Waals surface area (Å²) in [5.41, 5.74) is 2.02. The van der Waals surface area contributed by atoms with E-state index in [-0.39, 0.29) is 12.3 Å². The summed E-state index contributed by atoms with van der Waals surface area (Å²) in [4.78, 5) is 13.5. The third-order valence-corrected chi connectivity index (χ3v) is 6.98. The topological polar surface area (TPSA) is 93.8 Å². The Hall–Kier alpha value is -2.56. The Kier molecular flexibility index (Phi) is 6.33. The van der Waals surface area contributed by atoms with Crippen LogP contribution in [0.4, 0.5) is 5.13 Å². The second-order valence-corrected chi connectivity index (χ2v) is 9.39. The number of hydrogen-bond donors (Lipinski definition) is 1. The van der Waals surface area contributed by atoms with Gasteiger partial charge >= 0.3 is 0 Å². The zero-order valence-electron chi connectivity index (χ0n) is 15.5. The average Bonchev–Trinajstić information content (AvgIpc) is 3.47. The molecule has 0 radical (unpaired) electrons. The fourth-order valence-electron chi connectivity index (χ4n) is 2.42. The van der Waals surface area contributed by atoms with Gasteiger partial charge in [0.25, 0.3) is 0 Å². The summed E-state index contributed by atoms with van der Waals surface area (Å²) in [6, 6.07) is 12.0. The molecule has 7 nitrogen and oxygen atoms in total. The first-order valence-electron chi connectivity index (χ1n) is 8.84. The van der Waals surface area contributed by atoms with Crippen LogP contribution in [0.3, 0.4) is 0 Å². The van der Waals surface area contributed by atoms with Crippen LogP contribution in [0.15, 0.2) is 50.5 Å². The Bertz CT molecular complexity index is 1070. The fourth-order valence-corrected chi connectivity index (χ4v) is 4.96. The van der Waals surface area contributed by atoms with Gasteiger partial charge in [-0.15, -0.1) is 31.7 Å². The zero-order valence-corrected chi connectivity index (χ0v) is 17.9. The highest BCUT2D eigenvalue weighted by molar-refractivity contribution is 8.00. The number of carbonyl (C=O) groups is 1. The van der Waals surface area contributed by atoms with Crippen LogP contribution in [0, 0.1) is 6.92 Å². The Morgan fingerprint density at radius 3 is 2.79 bits per heavy atom. The summed E-state index contributed by atoms with van der Waals surface area (Å²) < 4.78 is 6.48. The lowest BCUT2D eigenvalue weighted by molar-refractivity contribution is -0.116. The maximum atomic E-state index is 12.2. The smallest absolute Gasteiger partial charge is 0.247 e. The Balaban J connectivity index is 1.25. The summed E-state index contributed by atoms with van der Waals surface area (Å²) in [7, 11) is 0. The molecule has 0 atom stereocenters. The maximum Gasteiger partial charge on any atom is 0.247 e. The summed E-state index contributed by atoms with van der Waals surface area (Å²) in [6.45, 7) is 2.02. The molecule has 0 bridgehead atoms. The van der Waals surface area contributed by atoms with Gasteiger partial charge in [-0.1, -0.05) is 46.9 Å². The summed E-state index contributed by atoms with van der Waals surface area (Å²) >= 11 is 4.69. The third kappa shape index (κ3) is 5.49. The van der Waals surface area contributed by atoms with Crippen LogP contribution in [0.25, 0.3) is 11.5 Å². The van der Waals surface area contributed by atoms with Crippen molar-refractivity contribution in [1.82, 2.24) is 20.4 Å². The SMILES string of the molecule is Cc1ccc(-c2nnc(CCC(=O)Nc3nnc(SCc4cccs4)s3)o2)cc1. The van der Waals surface area contributed by atoms with Crippen LogP contribution >= 0.6 is 34.4 Å². The van der Waals surface area contributed by atoms with Gasteiger partial charge < -0.3 is 9.73 Å². The molecule has 3 aromatic heterocycles. The van der Waals surface area contributed by atoms with E-state index >= 15 is 0 Å². The standard InChI is InChI=1S/C19H17N5O2S3/c1-12-4-6-13(7-5-12)17-22-21-16(26-17)9-8-15(25)20-18-23-24-19(29-18)28-11-14-3-2-10-27-14/h2-7,10H,8-9,11H2,1H3,(H,20,23,25). The monoisotopic (exact) mass is 443 g/mol. The second kappa shape index (κ2) is 9.29. The molecule has 29 heavy (non-hydrogen) atoms. The van der Waals surface area contributed by atoms with Gasteiger partial charge in [0.15, 0.2) is 4.34 Å². The van der Waals surface area contributed by atoms with Gasteiger partial charge in [-0.3, -0.25) is 4.79 Å². The largest absolute Gasteiger partial charge is 0.421 e. The molecule has 1 N–H and O–H groups in total. The molecule has 10 heteroatoms. The highest BCUT2D eigenvalue weighted by atomic mass is 32.2. The zero-order chi connectivity index (χ0) is 20.1. The first-order valence-corrected chi connectivity index (χ1v) is 11.5. The predicted octanol–water partition coefficient (Wildman–Crippen LogP) is 4.82. The van der Waals surface area contributed by atoms with Crippen LogP contribution in [-0.2, 0) is 17.0 Å². The van der Waals surface area contributed by atoms with Crippen LogP contribution in [0.5, 0.6) is 0 Å². The molecule has 0 unspecified atom stereocenters. The predicted molar refractivity (Wildman–Crippen MR) is 115 cm³/mol. The molecular weight excluding hydrogens is 426 g/mol. The number of thiophene rings is 1. The number of anilines is 1. The van der Waals surface area contributed by atoms with Crippen molar-refractivity contribution in [3.63, 3.8) is 0 Å². The lowest BCUT2D eigenvalue weighted by Crippen LogP contribution is -2.12. The van der Waals surface area contributed by atoms with Crippen molar-refractivity contribution in [2.24, 2.45) is 0 Å². The first kappa shape index (κ1) is 19.7. The van der Waals surface area contributed by atoms with Crippen LogP contribution in [0.2, 0.25) is 0 Å². The molecule has 0 aliphatic rings. The number of nitrogens with zero attached hydrogens (tertiary/aromatic N) is 4. The highest BCUT2D eigenvalue weighted by Crippen LogP contribution is 2.29. The van der Waals surface area contributed by atoms with Gasteiger partial charge in [0.1, 0.15) is 0 Å². The molecule has 0 saturated heterocycles. The van der Waals surface area contributed by atoms with Crippen LogP contribution < -0.4 is 5.32 Å². The van der Waals surface area contributed by atoms with E-state index in [1.807, 2.05) is 37.3 Å². The number of nitrogens with one attached hydrogen (secondary N) is 1. The summed E-state index contributed by atoms with van der Waals surface area (Å²) in [6.07, 6.45) is 0.594. The second-order valence-electron chi connectivity index (χ2n) is 6.16. The summed E-state index contributed by atoms with van der Waals surface area (Å²) in [5, 5.41) is 21.5. The molecule has 3 heterocycles. The van der Waals surface area contributed by atoms with Gasteiger partial charge in [0.05, 0.1) is 0 Å². The van der Waals surface area contributed by atoms with Gasteiger partial charge in [-0.25, -0.2) is 0 Å². The minimum atomic E-state index is -0.161. The molecule has 4 rings (SSSR count). The molecular formula is C19H17N5O2S3. The molecule has 4 aromatic rings. The van der Waals surface area contributed by atoms with E-state index in [9.17, 15) is 4.79 Å². The van der Waals surface area contributed by atoms with Crippen LogP contribution in [0.1, 0.15) is 22.8 Å². The molecule has 1 aromatic carbocycles. The number of thioether (sulfide) groups is 1. The third-order valence-electron chi connectivity index (χ3n) is 3.90. The van der Waals surface area contributed by atoms with E-state index in [0.29, 0.717) is 23.3 Å². The van der Waals surface area contributed by atoms with Crippen molar-refractivity contribution in [3.8, 4) is 11.5 Å². The van der Waals surface area contributed by atoms with Gasteiger partial charge in [-0.2, -0.15) is 0 Å². The van der Waals surface area contributed by atoms with Gasteiger partial charge in [0, 0.05) is 29.0 Å². The minimum absolute atomic E-state index is 0.161. The normalized spacial score (nSPS) is 10.9. The molecule has 148 valence electrons. The summed E-state index contributed by atoms with van der Waals surface area (Å²) in [5.74, 6) is 1.57. The number of benzene rings is 1. The molecule has 0 fully saturated rings. The highest BCUT2D eigenvalue weighted by Gasteiger charge is 2.13. The minimum Gasteiger partial charge on any atom is -0.421 e. The van der Waals surface area contributed by atoms with Crippen molar-refractivity contribution in [1.29, 1.82) is 0 Å². The van der Waals surface area contributed by atoms with Crippen molar-refractivity contribution >= 4 is 45.5 Å². The number of rotatable bonds is 8. The quantitative estimate of drug-likeness (QED) is 0.308. The number of aryl methyl sites for hydroxylation is 2. The van der Waals surface area contributed by atoms with Crippen molar-refractivity contribution < 1.29 is 9.21 Å². The van der Waals surface area contributed by atoms with Gasteiger partial charge in [-0.05, 0) is 30.5 Å². The lowest BCUT2D eigenvalue weighted by atomic mass is 10.1. The average molecular weight is 444 g/mol. The molecule has 0 aliphatic heterocycles. The lowest BCUT2D eigenvalue weighted by Gasteiger charge is -1.98. The number of amides is 1. The molecule has 0 aliphatic carbocycles. The Morgan fingerprint density at radius 1 is 1.14 bits per heavy atom. The van der Waals surface area contributed by atoms with E-state index in [4.69, 9.17) is 4.42 Å². The van der Waals surface area contributed by atoms with Gasteiger partial charge in [0.2, 0.25) is 22.8 Å².